The van der Waals surface area contributed by atoms with E-state index in [4.69, 9.17) is 5.73 Å². The van der Waals surface area contributed by atoms with Gasteiger partial charge in [0.25, 0.3) is 0 Å². The van der Waals surface area contributed by atoms with E-state index in [0.29, 0.717) is 12.1 Å². The molecule has 0 aliphatic rings. The summed E-state index contributed by atoms with van der Waals surface area (Å²) in [6.07, 6.45) is 0.627. The lowest BCUT2D eigenvalue weighted by molar-refractivity contribution is -0.124. The summed E-state index contributed by atoms with van der Waals surface area (Å²) in [6, 6.07) is 5.98. The van der Waals surface area contributed by atoms with Crippen LogP contribution >= 0.6 is 0 Å². The van der Waals surface area contributed by atoms with Gasteiger partial charge in [0.05, 0.1) is 10.3 Å². The number of nitrogens with two attached hydrogens (primary N) is 1. The second-order valence-corrected chi connectivity index (χ2v) is 6.69. The van der Waals surface area contributed by atoms with Gasteiger partial charge in [0.2, 0.25) is 15.9 Å². The fourth-order valence-electron chi connectivity index (χ4n) is 1.51. The first-order valence-corrected chi connectivity index (χ1v) is 7.82. The number of carbonyl (C=O) groups excluding carboxylic acids is 1. The van der Waals surface area contributed by atoms with Crippen LogP contribution in [-0.4, -0.2) is 27.9 Å². The van der Waals surface area contributed by atoms with E-state index in [-0.39, 0.29) is 17.3 Å². The first-order chi connectivity index (χ1) is 9.29. The van der Waals surface area contributed by atoms with E-state index in [2.05, 4.69) is 10.0 Å². The molecule has 0 aliphatic carbocycles. The van der Waals surface area contributed by atoms with Gasteiger partial charge in [-0.3, -0.25) is 4.79 Å². The molecule has 1 unspecified atom stereocenters. The van der Waals surface area contributed by atoms with Gasteiger partial charge in [-0.15, -0.1) is 0 Å². The molecule has 0 heterocycles. The molecule has 0 aromatic heterocycles. The smallest absolute Gasteiger partial charge is 0.240 e. The SMILES string of the molecule is CCC(C)(CN)C(=O)Nc1ccc(S(=O)(=O)NC)cc1. The van der Waals surface area contributed by atoms with Gasteiger partial charge in [-0.1, -0.05) is 6.92 Å². The van der Waals surface area contributed by atoms with Crippen LogP contribution < -0.4 is 15.8 Å². The second kappa shape index (κ2) is 6.34. The molecule has 6 nitrogen and oxygen atoms in total. The zero-order chi connectivity index (χ0) is 15.4. The molecule has 0 spiro atoms. The molecule has 0 fully saturated rings. The van der Waals surface area contributed by atoms with Crippen LogP contribution in [0.5, 0.6) is 0 Å². The second-order valence-electron chi connectivity index (χ2n) is 4.80. The van der Waals surface area contributed by atoms with Gasteiger partial charge in [-0.2, -0.15) is 0 Å². The first-order valence-electron chi connectivity index (χ1n) is 6.34. The Morgan fingerprint density at radius 3 is 2.25 bits per heavy atom. The van der Waals surface area contributed by atoms with Crippen LogP contribution in [-0.2, 0) is 14.8 Å². The number of carbonyl (C=O) groups is 1. The number of amides is 1. The third-order valence-corrected chi connectivity index (χ3v) is 4.90. The van der Waals surface area contributed by atoms with Gasteiger partial charge in [0, 0.05) is 12.2 Å². The van der Waals surface area contributed by atoms with Crippen LogP contribution in [0.25, 0.3) is 0 Å². The minimum Gasteiger partial charge on any atom is -0.329 e. The van der Waals surface area contributed by atoms with Gasteiger partial charge in [0.15, 0.2) is 0 Å². The maximum atomic E-state index is 12.1. The Hall–Kier alpha value is -1.44. The highest BCUT2D eigenvalue weighted by Crippen LogP contribution is 2.22. The van der Waals surface area contributed by atoms with Crippen LogP contribution in [0.4, 0.5) is 5.69 Å². The first kappa shape index (κ1) is 16.6. The molecular weight excluding hydrogens is 278 g/mol. The Morgan fingerprint density at radius 1 is 1.30 bits per heavy atom. The third kappa shape index (κ3) is 3.56. The van der Waals surface area contributed by atoms with Crippen LogP contribution in [0.2, 0.25) is 0 Å². The van der Waals surface area contributed by atoms with E-state index in [9.17, 15) is 13.2 Å². The molecule has 112 valence electrons. The highest BCUT2D eigenvalue weighted by Gasteiger charge is 2.29. The summed E-state index contributed by atoms with van der Waals surface area (Å²) in [5, 5.41) is 2.75. The minimum absolute atomic E-state index is 0.148. The van der Waals surface area contributed by atoms with Crippen LogP contribution in [0.15, 0.2) is 29.2 Å². The van der Waals surface area contributed by atoms with Crippen molar-refractivity contribution in [2.45, 2.75) is 25.2 Å². The van der Waals surface area contributed by atoms with Crippen molar-refractivity contribution in [1.82, 2.24) is 4.72 Å². The predicted octanol–water partition coefficient (Wildman–Crippen LogP) is 0.908. The van der Waals surface area contributed by atoms with E-state index in [1.165, 1.54) is 19.2 Å². The molecule has 1 rings (SSSR count). The molecule has 1 atom stereocenters. The molecule has 0 saturated heterocycles. The highest BCUT2D eigenvalue weighted by atomic mass is 32.2. The Labute approximate surface area is 119 Å². The minimum atomic E-state index is -3.46. The molecule has 7 heteroatoms. The number of hydrogen-bond acceptors (Lipinski definition) is 4. The zero-order valence-electron chi connectivity index (χ0n) is 11.9. The fraction of sp³-hybridized carbons (Fsp3) is 0.462. The van der Waals surface area contributed by atoms with Crippen molar-refractivity contribution in [3.8, 4) is 0 Å². The summed E-state index contributed by atoms with van der Waals surface area (Å²) in [4.78, 5) is 12.3. The van der Waals surface area contributed by atoms with Gasteiger partial charge in [-0.25, -0.2) is 13.1 Å². The summed E-state index contributed by atoms with van der Waals surface area (Å²) < 4.78 is 25.4. The Balaban J connectivity index is 2.89. The Bertz CT molecular complexity index is 563. The monoisotopic (exact) mass is 299 g/mol. The topological polar surface area (TPSA) is 101 Å². The maximum absolute atomic E-state index is 12.1. The van der Waals surface area contributed by atoms with Gasteiger partial charge >= 0.3 is 0 Å². The van der Waals surface area contributed by atoms with Gasteiger partial charge in [-0.05, 0) is 44.7 Å². The van der Waals surface area contributed by atoms with E-state index >= 15 is 0 Å². The van der Waals surface area contributed by atoms with Crippen molar-refractivity contribution < 1.29 is 13.2 Å². The van der Waals surface area contributed by atoms with Crippen LogP contribution in [0, 0.1) is 5.41 Å². The molecule has 0 saturated carbocycles. The summed E-state index contributed by atoms with van der Waals surface area (Å²) >= 11 is 0. The molecule has 0 radical (unpaired) electrons. The molecule has 1 amide bonds. The van der Waals surface area contributed by atoms with Gasteiger partial charge < -0.3 is 11.1 Å². The van der Waals surface area contributed by atoms with E-state index in [1.54, 1.807) is 19.1 Å². The lowest BCUT2D eigenvalue weighted by atomic mass is 9.86. The predicted molar refractivity (Wildman–Crippen MR) is 78.8 cm³/mol. The lowest BCUT2D eigenvalue weighted by Gasteiger charge is -2.24. The van der Waals surface area contributed by atoms with E-state index in [0.717, 1.165) is 0 Å². The van der Waals surface area contributed by atoms with E-state index < -0.39 is 15.4 Å². The number of sulfonamides is 1. The molecule has 1 aromatic carbocycles. The quantitative estimate of drug-likeness (QED) is 0.726. The Morgan fingerprint density at radius 2 is 1.85 bits per heavy atom. The summed E-state index contributed by atoms with van der Waals surface area (Å²) in [5.74, 6) is -0.174. The van der Waals surface area contributed by atoms with Crippen LogP contribution in [0.1, 0.15) is 20.3 Å². The van der Waals surface area contributed by atoms with Crippen LogP contribution in [0.3, 0.4) is 0 Å². The number of benzene rings is 1. The highest BCUT2D eigenvalue weighted by molar-refractivity contribution is 7.89. The standard InChI is InChI=1S/C13H21N3O3S/c1-4-13(2,9-14)12(17)16-10-5-7-11(8-6-10)20(18,19)15-3/h5-8,15H,4,9,14H2,1-3H3,(H,16,17). The average molecular weight is 299 g/mol. The van der Waals surface area contributed by atoms with E-state index in [1.807, 2.05) is 6.92 Å². The summed E-state index contributed by atoms with van der Waals surface area (Å²) in [7, 11) is -2.12. The fourth-order valence-corrected chi connectivity index (χ4v) is 2.24. The number of rotatable bonds is 6. The number of hydrogen-bond donors (Lipinski definition) is 3. The Kier molecular flexibility index (Phi) is 5.27. The zero-order valence-corrected chi connectivity index (χ0v) is 12.8. The lowest BCUT2D eigenvalue weighted by Crippen LogP contribution is -2.39. The summed E-state index contributed by atoms with van der Waals surface area (Å²) in [6.45, 7) is 3.94. The normalized spacial score (nSPS) is 14.6. The molecule has 0 aliphatic heterocycles. The number of nitrogens with one attached hydrogen (secondary N) is 2. The van der Waals surface area contributed by atoms with Crippen molar-refractivity contribution in [2.75, 3.05) is 18.9 Å². The molecule has 20 heavy (non-hydrogen) atoms. The van der Waals surface area contributed by atoms with Crippen molar-refractivity contribution in [2.24, 2.45) is 11.1 Å². The third-order valence-electron chi connectivity index (χ3n) is 3.47. The molecule has 4 N–H and O–H groups in total. The van der Waals surface area contributed by atoms with Crippen molar-refractivity contribution >= 4 is 21.6 Å². The molecule has 0 bridgehead atoms. The molecular formula is C13H21N3O3S. The molecule has 1 aromatic rings. The van der Waals surface area contributed by atoms with Crippen molar-refractivity contribution in [3.05, 3.63) is 24.3 Å². The van der Waals surface area contributed by atoms with Crippen molar-refractivity contribution in [1.29, 1.82) is 0 Å². The maximum Gasteiger partial charge on any atom is 0.240 e. The average Bonchev–Trinajstić information content (AvgIpc) is 2.46. The largest absolute Gasteiger partial charge is 0.329 e. The van der Waals surface area contributed by atoms with Gasteiger partial charge in [0.1, 0.15) is 0 Å². The number of anilines is 1. The summed E-state index contributed by atoms with van der Waals surface area (Å²) in [5.41, 5.74) is 5.53. The van der Waals surface area contributed by atoms with Crippen molar-refractivity contribution in [3.63, 3.8) is 0 Å².